The Hall–Kier alpha value is -0.760. The maximum Gasteiger partial charge on any atom is 0.101 e. The lowest BCUT2D eigenvalue weighted by Gasteiger charge is -2.17. The second-order valence-electron chi connectivity index (χ2n) is 5.32. The molecule has 1 aromatic rings. The van der Waals surface area contributed by atoms with Crippen LogP contribution in [0.25, 0.3) is 0 Å². The predicted octanol–water partition coefficient (Wildman–Crippen LogP) is 4.46. The van der Waals surface area contributed by atoms with Gasteiger partial charge in [0, 0.05) is 11.6 Å². The Morgan fingerprint density at radius 2 is 2.06 bits per heavy atom. The van der Waals surface area contributed by atoms with Crippen LogP contribution in [0.1, 0.15) is 63.8 Å². The van der Waals surface area contributed by atoms with Crippen LogP contribution in [-0.2, 0) is 0 Å². The molecule has 2 nitrogen and oxygen atoms in total. The monoisotopic (exact) mass is 237 g/mol. The highest BCUT2D eigenvalue weighted by Gasteiger charge is 2.12. The van der Waals surface area contributed by atoms with Crippen LogP contribution in [0.15, 0.2) is 16.7 Å². The van der Waals surface area contributed by atoms with Crippen molar-refractivity contribution in [2.75, 3.05) is 6.54 Å². The minimum atomic E-state index is 0.464. The minimum Gasteiger partial charge on any atom is -0.469 e. The van der Waals surface area contributed by atoms with Gasteiger partial charge in [0.1, 0.15) is 5.76 Å². The number of nitrogens with one attached hydrogen (secondary N) is 1. The van der Waals surface area contributed by atoms with Crippen LogP contribution in [0.4, 0.5) is 0 Å². The van der Waals surface area contributed by atoms with Crippen molar-refractivity contribution >= 4 is 0 Å². The van der Waals surface area contributed by atoms with Gasteiger partial charge >= 0.3 is 0 Å². The molecule has 2 heteroatoms. The van der Waals surface area contributed by atoms with Crippen LogP contribution in [0, 0.1) is 12.8 Å². The van der Waals surface area contributed by atoms with Crippen molar-refractivity contribution in [2.45, 2.75) is 59.4 Å². The van der Waals surface area contributed by atoms with Crippen LogP contribution in [0.3, 0.4) is 0 Å². The second-order valence-corrected chi connectivity index (χ2v) is 5.32. The summed E-state index contributed by atoms with van der Waals surface area (Å²) in [6, 6.07) is 2.62. The zero-order valence-corrected chi connectivity index (χ0v) is 11.8. The number of rotatable bonds is 8. The molecule has 0 fully saturated rings. The summed E-state index contributed by atoms with van der Waals surface area (Å²) in [5.41, 5.74) is 1.31. The number of furan rings is 1. The van der Waals surface area contributed by atoms with E-state index in [1.54, 1.807) is 0 Å². The molecule has 0 aliphatic rings. The molecule has 98 valence electrons. The molecule has 0 aliphatic heterocycles. The van der Waals surface area contributed by atoms with Gasteiger partial charge in [-0.15, -0.1) is 0 Å². The van der Waals surface area contributed by atoms with E-state index in [0.29, 0.717) is 6.04 Å². The molecular formula is C15H27NO. The molecule has 1 N–H and O–H groups in total. The highest BCUT2D eigenvalue weighted by Crippen LogP contribution is 2.22. The Kier molecular flexibility index (Phi) is 6.35. The summed E-state index contributed by atoms with van der Waals surface area (Å²) < 4.78 is 5.41. The molecular weight excluding hydrogens is 210 g/mol. The van der Waals surface area contributed by atoms with E-state index in [4.69, 9.17) is 4.42 Å². The Morgan fingerprint density at radius 3 is 2.59 bits per heavy atom. The van der Waals surface area contributed by atoms with Crippen LogP contribution in [-0.4, -0.2) is 6.54 Å². The van der Waals surface area contributed by atoms with E-state index in [-0.39, 0.29) is 0 Å². The fourth-order valence-corrected chi connectivity index (χ4v) is 2.08. The van der Waals surface area contributed by atoms with Gasteiger partial charge in [0.05, 0.1) is 6.26 Å². The molecule has 17 heavy (non-hydrogen) atoms. The Balaban J connectivity index is 2.48. The van der Waals surface area contributed by atoms with Crippen molar-refractivity contribution in [3.8, 4) is 0 Å². The number of hydrogen-bond acceptors (Lipinski definition) is 2. The van der Waals surface area contributed by atoms with E-state index in [1.807, 2.05) is 13.2 Å². The van der Waals surface area contributed by atoms with E-state index in [2.05, 4.69) is 32.2 Å². The first-order valence-electron chi connectivity index (χ1n) is 6.92. The van der Waals surface area contributed by atoms with Gasteiger partial charge in [-0.05, 0) is 38.3 Å². The first-order valence-corrected chi connectivity index (χ1v) is 6.92. The van der Waals surface area contributed by atoms with Crippen molar-refractivity contribution in [1.82, 2.24) is 5.32 Å². The molecule has 1 aromatic heterocycles. The molecule has 0 spiro atoms. The lowest BCUT2D eigenvalue weighted by Crippen LogP contribution is -2.21. The van der Waals surface area contributed by atoms with Gasteiger partial charge < -0.3 is 9.73 Å². The molecule has 0 saturated carbocycles. The van der Waals surface area contributed by atoms with Gasteiger partial charge in [0.2, 0.25) is 0 Å². The maximum atomic E-state index is 5.41. The van der Waals surface area contributed by atoms with Crippen molar-refractivity contribution in [1.29, 1.82) is 0 Å². The quantitative estimate of drug-likeness (QED) is 0.722. The first kappa shape index (κ1) is 14.3. The second kappa shape index (κ2) is 7.54. The zero-order chi connectivity index (χ0) is 12.7. The van der Waals surface area contributed by atoms with Crippen molar-refractivity contribution < 1.29 is 4.42 Å². The maximum absolute atomic E-state index is 5.41. The fraction of sp³-hybridized carbons (Fsp3) is 0.733. The molecule has 1 rings (SSSR count). The summed E-state index contributed by atoms with van der Waals surface area (Å²) in [5, 5.41) is 3.61. The summed E-state index contributed by atoms with van der Waals surface area (Å²) in [4.78, 5) is 0. The molecule has 1 heterocycles. The molecule has 0 saturated heterocycles. The van der Waals surface area contributed by atoms with E-state index < -0.39 is 0 Å². The summed E-state index contributed by atoms with van der Waals surface area (Å²) in [7, 11) is 0. The van der Waals surface area contributed by atoms with Crippen molar-refractivity contribution in [2.24, 2.45) is 5.92 Å². The molecule has 0 aliphatic carbocycles. The van der Waals surface area contributed by atoms with E-state index in [0.717, 1.165) is 18.2 Å². The summed E-state index contributed by atoms with van der Waals surface area (Å²) in [6.07, 6.45) is 6.87. The molecule has 0 amide bonds. The fourth-order valence-electron chi connectivity index (χ4n) is 2.08. The van der Waals surface area contributed by atoms with Crippen LogP contribution in [0.2, 0.25) is 0 Å². The van der Waals surface area contributed by atoms with Gasteiger partial charge in [0.25, 0.3) is 0 Å². The molecule has 1 atom stereocenters. The lowest BCUT2D eigenvalue weighted by molar-refractivity contribution is 0.442. The zero-order valence-electron chi connectivity index (χ0n) is 11.8. The highest BCUT2D eigenvalue weighted by atomic mass is 16.3. The Morgan fingerprint density at radius 1 is 1.29 bits per heavy atom. The van der Waals surface area contributed by atoms with Crippen LogP contribution in [0.5, 0.6) is 0 Å². The SMILES string of the molecule is CCCNC(CCCC(C)C)c1coc(C)c1. The number of aryl methyl sites for hydroxylation is 1. The van der Waals surface area contributed by atoms with Crippen molar-refractivity contribution in [3.63, 3.8) is 0 Å². The standard InChI is InChI=1S/C15H27NO/c1-5-9-16-15(8-6-7-12(2)3)14-10-13(4)17-11-14/h10-12,15-16H,5-9H2,1-4H3. The Labute approximate surface area is 106 Å². The largest absolute Gasteiger partial charge is 0.469 e. The third-order valence-electron chi connectivity index (χ3n) is 3.07. The van der Waals surface area contributed by atoms with E-state index in [9.17, 15) is 0 Å². The van der Waals surface area contributed by atoms with Gasteiger partial charge in [0.15, 0.2) is 0 Å². The molecule has 0 aromatic carbocycles. The van der Waals surface area contributed by atoms with E-state index >= 15 is 0 Å². The van der Waals surface area contributed by atoms with Gasteiger partial charge in [-0.25, -0.2) is 0 Å². The van der Waals surface area contributed by atoms with Gasteiger partial charge in [-0.1, -0.05) is 33.6 Å². The molecule has 1 unspecified atom stereocenters. The molecule has 0 radical (unpaired) electrons. The smallest absolute Gasteiger partial charge is 0.101 e. The first-order chi connectivity index (χ1) is 8.13. The third-order valence-corrected chi connectivity index (χ3v) is 3.07. The topological polar surface area (TPSA) is 25.2 Å². The summed E-state index contributed by atoms with van der Waals surface area (Å²) >= 11 is 0. The summed E-state index contributed by atoms with van der Waals surface area (Å²) in [5.74, 6) is 1.81. The molecule has 0 bridgehead atoms. The minimum absolute atomic E-state index is 0.464. The van der Waals surface area contributed by atoms with Gasteiger partial charge in [-0.2, -0.15) is 0 Å². The third kappa shape index (κ3) is 5.40. The van der Waals surface area contributed by atoms with Gasteiger partial charge in [-0.3, -0.25) is 0 Å². The normalized spacial score (nSPS) is 13.2. The highest BCUT2D eigenvalue weighted by molar-refractivity contribution is 5.16. The number of hydrogen-bond donors (Lipinski definition) is 1. The van der Waals surface area contributed by atoms with Crippen LogP contribution < -0.4 is 5.32 Å². The Bertz CT molecular complexity index is 304. The average molecular weight is 237 g/mol. The van der Waals surface area contributed by atoms with Crippen LogP contribution >= 0.6 is 0 Å². The van der Waals surface area contributed by atoms with E-state index in [1.165, 1.54) is 31.2 Å². The average Bonchev–Trinajstić information content (AvgIpc) is 2.69. The van der Waals surface area contributed by atoms with Crippen molar-refractivity contribution in [3.05, 3.63) is 23.7 Å². The predicted molar refractivity (Wildman–Crippen MR) is 73.2 cm³/mol. The summed E-state index contributed by atoms with van der Waals surface area (Å²) in [6.45, 7) is 9.87. The lowest BCUT2D eigenvalue weighted by atomic mass is 9.99.